The second-order valence-electron chi connectivity index (χ2n) is 4.16. The van der Waals surface area contributed by atoms with Crippen LogP contribution in [0.2, 0.25) is 0 Å². The van der Waals surface area contributed by atoms with E-state index in [0.717, 1.165) is 18.4 Å². The van der Waals surface area contributed by atoms with E-state index in [9.17, 15) is 4.79 Å². The van der Waals surface area contributed by atoms with E-state index in [1.807, 2.05) is 31.3 Å². The van der Waals surface area contributed by atoms with Crippen molar-refractivity contribution in [1.29, 1.82) is 0 Å². The first-order valence-electron chi connectivity index (χ1n) is 5.84. The van der Waals surface area contributed by atoms with Gasteiger partial charge in [0.2, 0.25) is 0 Å². The van der Waals surface area contributed by atoms with Crippen LogP contribution in [0, 0.1) is 11.8 Å². The molecule has 2 N–H and O–H groups in total. The minimum absolute atomic E-state index is 0.0160. The van der Waals surface area contributed by atoms with Crippen molar-refractivity contribution in [1.82, 2.24) is 10.6 Å². The van der Waals surface area contributed by atoms with Crippen LogP contribution in [0.3, 0.4) is 0 Å². The summed E-state index contributed by atoms with van der Waals surface area (Å²) in [6.07, 6.45) is 2.22. The first kappa shape index (κ1) is 11.7. The lowest BCUT2D eigenvalue weighted by Crippen LogP contribution is -2.25. The predicted molar refractivity (Wildman–Crippen MR) is 67.7 cm³/mol. The van der Waals surface area contributed by atoms with Gasteiger partial charge in [-0.2, -0.15) is 0 Å². The van der Waals surface area contributed by atoms with Gasteiger partial charge in [-0.1, -0.05) is 11.8 Å². The fourth-order valence-corrected chi connectivity index (χ4v) is 1.44. The molecule has 0 aromatic heterocycles. The van der Waals surface area contributed by atoms with E-state index >= 15 is 0 Å². The Bertz CT molecular complexity index is 449. The minimum Gasteiger partial charge on any atom is -0.349 e. The predicted octanol–water partition coefficient (Wildman–Crippen LogP) is 1.15. The van der Waals surface area contributed by atoms with Crippen LogP contribution in [0.25, 0.3) is 0 Å². The van der Waals surface area contributed by atoms with Crippen LogP contribution in [0.4, 0.5) is 0 Å². The van der Waals surface area contributed by atoms with E-state index in [1.165, 1.54) is 0 Å². The molecule has 0 saturated heterocycles. The van der Waals surface area contributed by atoms with E-state index in [4.69, 9.17) is 0 Å². The summed E-state index contributed by atoms with van der Waals surface area (Å²) in [5.41, 5.74) is 1.64. The third-order valence-corrected chi connectivity index (χ3v) is 2.56. The molecule has 88 valence electrons. The fraction of sp³-hybridized carbons (Fsp3) is 0.357. The van der Waals surface area contributed by atoms with Crippen molar-refractivity contribution in [3.63, 3.8) is 0 Å². The summed E-state index contributed by atoms with van der Waals surface area (Å²) in [7, 11) is 1.86. The van der Waals surface area contributed by atoms with Gasteiger partial charge in [-0.15, -0.1) is 0 Å². The second kappa shape index (κ2) is 5.51. The van der Waals surface area contributed by atoms with E-state index in [2.05, 4.69) is 22.5 Å². The molecule has 0 bridgehead atoms. The van der Waals surface area contributed by atoms with Crippen LogP contribution in [0.5, 0.6) is 0 Å². The summed E-state index contributed by atoms with van der Waals surface area (Å²) in [5.74, 6) is 6.02. The highest BCUT2D eigenvalue weighted by molar-refractivity contribution is 5.94. The van der Waals surface area contributed by atoms with Crippen molar-refractivity contribution in [3.8, 4) is 11.8 Å². The van der Waals surface area contributed by atoms with Gasteiger partial charge >= 0.3 is 0 Å². The lowest BCUT2D eigenvalue weighted by Gasteiger charge is -2.02. The Balaban J connectivity index is 1.97. The van der Waals surface area contributed by atoms with Gasteiger partial charge in [-0.05, 0) is 44.2 Å². The van der Waals surface area contributed by atoms with Crippen molar-refractivity contribution in [2.24, 2.45) is 0 Å². The summed E-state index contributed by atoms with van der Waals surface area (Å²) >= 11 is 0. The number of hydrogen-bond acceptors (Lipinski definition) is 2. The Morgan fingerprint density at radius 2 is 2.06 bits per heavy atom. The molecule has 0 radical (unpaired) electrons. The Labute approximate surface area is 102 Å². The fourth-order valence-electron chi connectivity index (χ4n) is 1.44. The maximum atomic E-state index is 11.7. The Hall–Kier alpha value is -1.79. The van der Waals surface area contributed by atoms with Gasteiger partial charge in [0, 0.05) is 17.2 Å². The molecule has 0 heterocycles. The number of nitrogens with one attached hydrogen (secondary N) is 2. The zero-order chi connectivity index (χ0) is 12.1. The summed E-state index contributed by atoms with van der Waals surface area (Å²) in [6.45, 7) is 0.671. The molecular weight excluding hydrogens is 212 g/mol. The summed E-state index contributed by atoms with van der Waals surface area (Å²) in [5, 5.41) is 5.92. The van der Waals surface area contributed by atoms with Crippen LogP contribution in [-0.4, -0.2) is 25.5 Å². The molecule has 0 aliphatic heterocycles. The maximum Gasteiger partial charge on any atom is 0.251 e. The number of carbonyl (C=O) groups is 1. The van der Waals surface area contributed by atoms with E-state index < -0.39 is 0 Å². The molecule has 17 heavy (non-hydrogen) atoms. The van der Waals surface area contributed by atoms with Crippen LogP contribution in [-0.2, 0) is 0 Å². The van der Waals surface area contributed by atoms with Crippen LogP contribution < -0.4 is 10.6 Å². The molecule has 1 aliphatic carbocycles. The largest absolute Gasteiger partial charge is 0.349 e. The Morgan fingerprint density at radius 1 is 1.35 bits per heavy atom. The highest BCUT2D eigenvalue weighted by Crippen LogP contribution is 2.19. The van der Waals surface area contributed by atoms with Crippen LogP contribution >= 0.6 is 0 Å². The average molecular weight is 228 g/mol. The van der Waals surface area contributed by atoms with Crippen molar-refractivity contribution in [3.05, 3.63) is 35.4 Å². The first-order valence-corrected chi connectivity index (χ1v) is 5.84. The molecule has 2 rings (SSSR count). The van der Waals surface area contributed by atoms with Gasteiger partial charge in [-0.3, -0.25) is 4.79 Å². The number of carbonyl (C=O) groups excluding carboxylic acids is 1. The molecule has 3 heteroatoms. The Morgan fingerprint density at radius 3 is 2.65 bits per heavy atom. The number of hydrogen-bond donors (Lipinski definition) is 2. The molecular formula is C14H16N2O. The van der Waals surface area contributed by atoms with Crippen molar-refractivity contribution in [2.75, 3.05) is 13.6 Å². The highest BCUT2D eigenvalue weighted by atomic mass is 16.1. The maximum absolute atomic E-state index is 11.7. The van der Waals surface area contributed by atoms with Gasteiger partial charge in [0.05, 0.1) is 6.54 Å². The SMILES string of the molecule is CNCC#Cc1ccc(C(=O)NC2CC2)cc1. The molecule has 1 amide bonds. The third-order valence-electron chi connectivity index (χ3n) is 2.56. The zero-order valence-corrected chi connectivity index (χ0v) is 9.92. The van der Waals surface area contributed by atoms with Gasteiger partial charge in [0.25, 0.3) is 5.91 Å². The topological polar surface area (TPSA) is 41.1 Å². The standard InChI is InChI=1S/C14H16N2O/c1-15-10-2-3-11-4-6-12(7-5-11)14(17)16-13-8-9-13/h4-7,13,15H,8-10H2,1H3,(H,16,17). The summed E-state index contributed by atoms with van der Waals surface area (Å²) in [6, 6.07) is 7.80. The second-order valence-corrected chi connectivity index (χ2v) is 4.16. The normalized spacial score (nSPS) is 13.7. The lowest BCUT2D eigenvalue weighted by atomic mass is 10.1. The average Bonchev–Trinajstić information content (AvgIpc) is 3.14. The smallest absolute Gasteiger partial charge is 0.251 e. The van der Waals surface area contributed by atoms with Gasteiger partial charge in [0.1, 0.15) is 0 Å². The molecule has 1 saturated carbocycles. The van der Waals surface area contributed by atoms with Crippen molar-refractivity contribution >= 4 is 5.91 Å². The van der Waals surface area contributed by atoms with E-state index in [-0.39, 0.29) is 5.91 Å². The molecule has 1 fully saturated rings. The van der Waals surface area contributed by atoms with E-state index in [0.29, 0.717) is 18.2 Å². The number of benzene rings is 1. The van der Waals surface area contributed by atoms with Gasteiger partial charge in [0.15, 0.2) is 0 Å². The molecule has 0 spiro atoms. The lowest BCUT2D eigenvalue weighted by molar-refractivity contribution is 0.0951. The molecule has 1 aromatic carbocycles. The van der Waals surface area contributed by atoms with Crippen molar-refractivity contribution in [2.45, 2.75) is 18.9 Å². The number of rotatable bonds is 3. The quantitative estimate of drug-likeness (QED) is 0.762. The van der Waals surface area contributed by atoms with Crippen LogP contribution in [0.1, 0.15) is 28.8 Å². The third kappa shape index (κ3) is 3.61. The molecule has 0 atom stereocenters. The summed E-state index contributed by atoms with van der Waals surface area (Å²) in [4.78, 5) is 11.7. The van der Waals surface area contributed by atoms with Crippen LogP contribution in [0.15, 0.2) is 24.3 Å². The first-order chi connectivity index (χ1) is 8.29. The molecule has 1 aliphatic rings. The monoisotopic (exact) mass is 228 g/mol. The summed E-state index contributed by atoms with van der Waals surface area (Å²) < 4.78 is 0. The molecule has 1 aromatic rings. The van der Waals surface area contributed by atoms with Gasteiger partial charge in [-0.25, -0.2) is 0 Å². The molecule has 0 unspecified atom stereocenters. The zero-order valence-electron chi connectivity index (χ0n) is 9.92. The molecule has 3 nitrogen and oxygen atoms in total. The van der Waals surface area contributed by atoms with E-state index in [1.54, 1.807) is 0 Å². The minimum atomic E-state index is 0.0160. The van der Waals surface area contributed by atoms with Crippen molar-refractivity contribution < 1.29 is 4.79 Å². The van der Waals surface area contributed by atoms with Gasteiger partial charge < -0.3 is 10.6 Å². The number of amides is 1. The highest BCUT2D eigenvalue weighted by Gasteiger charge is 2.23. The Kier molecular flexibility index (Phi) is 3.79.